The second kappa shape index (κ2) is 5.88. The topological polar surface area (TPSA) is 42.1 Å². The lowest BCUT2D eigenvalue weighted by molar-refractivity contribution is -0.176. The van der Waals surface area contributed by atoms with Crippen LogP contribution >= 0.6 is 0 Å². The van der Waals surface area contributed by atoms with Crippen LogP contribution in [0, 0.1) is 5.92 Å². The largest absolute Gasteiger partial charge is 0.394 e. The van der Waals surface area contributed by atoms with E-state index in [1.54, 1.807) is 12.4 Å². The van der Waals surface area contributed by atoms with Crippen molar-refractivity contribution in [1.82, 2.24) is 9.88 Å². The highest BCUT2D eigenvalue weighted by atomic mass is 19.4. The SMILES string of the molecule is NCC(CN1CCCC1c1ccncc1)C(F)(F)F. The normalized spacial score (nSPS) is 22.6. The van der Waals surface area contributed by atoms with Crippen LogP contribution in [-0.4, -0.2) is 35.7 Å². The third-order valence-electron chi connectivity index (χ3n) is 3.66. The first-order chi connectivity index (χ1) is 9.02. The maximum atomic E-state index is 12.8. The van der Waals surface area contributed by atoms with Gasteiger partial charge in [0.05, 0.1) is 5.92 Å². The minimum Gasteiger partial charge on any atom is -0.330 e. The van der Waals surface area contributed by atoms with Crippen molar-refractivity contribution >= 4 is 0 Å². The number of nitrogens with zero attached hydrogens (tertiary/aromatic N) is 2. The summed E-state index contributed by atoms with van der Waals surface area (Å²) in [7, 11) is 0. The first kappa shape index (κ1) is 14.3. The Bertz CT molecular complexity index is 394. The van der Waals surface area contributed by atoms with Crippen molar-refractivity contribution in [3.63, 3.8) is 0 Å². The van der Waals surface area contributed by atoms with Gasteiger partial charge in [0, 0.05) is 31.5 Å². The number of hydrogen-bond donors (Lipinski definition) is 1. The van der Waals surface area contributed by atoms with E-state index in [0.717, 1.165) is 18.4 Å². The Morgan fingerprint density at radius 3 is 2.63 bits per heavy atom. The van der Waals surface area contributed by atoms with Crippen LogP contribution in [0.25, 0.3) is 0 Å². The van der Waals surface area contributed by atoms with Crippen molar-refractivity contribution in [2.24, 2.45) is 11.7 Å². The van der Waals surface area contributed by atoms with Gasteiger partial charge in [-0.15, -0.1) is 0 Å². The molecular formula is C13H18F3N3. The van der Waals surface area contributed by atoms with Crippen LogP contribution in [0.4, 0.5) is 13.2 Å². The van der Waals surface area contributed by atoms with Crippen molar-refractivity contribution in [1.29, 1.82) is 0 Å². The quantitative estimate of drug-likeness (QED) is 0.915. The van der Waals surface area contributed by atoms with Crippen molar-refractivity contribution in [2.45, 2.75) is 25.1 Å². The first-order valence-corrected chi connectivity index (χ1v) is 6.43. The fourth-order valence-electron chi connectivity index (χ4n) is 2.60. The fourth-order valence-corrected chi connectivity index (χ4v) is 2.60. The summed E-state index contributed by atoms with van der Waals surface area (Å²) in [6, 6.07) is 3.79. The molecule has 1 aliphatic rings. The number of rotatable bonds is 4. The molecule has 0 amide bonds. The molecule has 2 heterocycles. The molecular weight excluding hydrogens is 255 g/mol. The van der Waals surface area contributed by atoms with Gasteiger partial charge in [-0.2, -0.15) is 13.2 Å². The molecule has 2 atom stereocenters. The molecule has 0 aromatic carbocycles. The maximum absolute atomic E-state index is 12.8. The van der Waals surface area contributed by atoms with Gasteiger partial charge in [-0.05, 0) is 37.1 Å². The molecule has 1 aliphatic heterocycles. The minimum atomic E-state index is -4.22. The highest BCUT2D eigenvalue weighted by Crippen LogP contribution is 2.35. The highest BCUT2D eigenvalue weighted by Gasteiger charge is 2.41. The number of hydrogen-bond acceptors (Lipinski definition) is 3. The van der Waals surface area contributed by atoms with Crippen LogP contribution < -0.4 is 5.73 Å². The molecule has 0 radical (unpaired) electrons. The average molecular weight is 273 g/mol. The van der Waals surface area contributed by atoms with Crippen LogP contribution in [0.2, 0.25) is 0 Å². The first-order valence-electron chi connectivity index (χ1n) is 6.43. The molecule has 3 nitrogen and oxygen atoms in total. The van der Waals surface area contributed by atoms with Crippen molar-refractivity contribution < 1.29 is 13.2 Å². The van der Waals surface area contributed by atoms with Crippen LogP contribution in [-0.2, 0) is 0 Å². The zero-order chi connectivity index (χ0) is 13.9. The third-order valence-corrected chi connectivity index (χ3v) is 3.66. The van der Waals surface area contributed by atoms with Gasteiger partial charge in [0.15, 0.2) is 0 Å². The molecule has 106 valence electrons. The predicted molar refractivity (Wildman–Crippen MR) is 66.4 cm³/mol. The highest BCUT2D eigenvalue weighted by molar-refractivity contribution is 5.16. The van der Waals surface area contributed by atoms with Gasteiger partial charge in [-0.1, -0.05) is 0 Å². The predicted octanol–water partition coefficient (Wildman–Crippen LogP) is 2.36. The lowest BCUT2D eigenvalue weighted by Gasteiger charge is -2.29. The molecule has 2 N–H and O–H groups in total. The van der Waals surface area contributed by atoms with E-state index in [1.807, 2.05) is 17.0 Å². The number of pyridine rings is 1. The van der Waals surface area contributed by atoms with Crippen molar-refractivity contribution in [3.8, 4) is 0 Å². The van der Waals surface area contributed by atoms with Crippen LogP contribution in [0.15, 0.2) is 24.5 Å². The number of nitrogens with two attached hydrogens (primary N) is 1. The van der Waals surface area contributed by atoms with E-state index in [4.69, 9.17) is 5.73 Å². The molecule has 0 saturated carbocycles. The molecule has 1 saturated heterocycles. The molecule has 0 spiro atoms. The molecule has 0 bridgehead atoms. The molecule has 6 heteroatoms. The van der Waals surface area contributed by atoms with Gasteiger partial charge in [-0.25, -0.2) is 0 Å². The molecule has 0 aliphatic carbocycles. The van der Waals surface area contributed by atoms with Gasteiger partial charge >= 0.3 is 6.18 Å². The van der Waals surface area contributed by atoms with E-state index in [2.05, 4.69) is 4.98 Å². The summed E-state index contributed by atoms with van der Waals surface area (Å²) in [5.74, 6) is -1.45. The summed E-state index contributed by atoms with van der Waals surface area (Å²) in [4.78, 5) is 5.83. The smallest absolute Gasteiger partial charge is 0.330 e. The lowest BCUT2D eigenvalue weighted by Crippen LogP contribution is -2.40. The van der Waals surface area contributed by atoms with Crippen LogP contribution in [0.5, 0.6) is 0 Å². The molecule has 19 heavy (non-hydrogen) atoms. The summed E-state index contributed by atoms with van der Waals surface area (Å²) in [6.45, 7) is 0.315. The summed E-state index contributed by atoms with van der Waals surface area (Å²) < 4.78 is 38.4. The van der Waals surface area contributed by atoms with Crippen LogP contribution in [0.1, 0.15) is 24.4 Å². The Morgan fingerprint density at radius 1 is 1.37 bits per heavy atom. The van der Waals surface area contributed by atoms with Crippen molar-refractivity contribution in [2.75, 3.05) is 19.6 Å². The zero-order valence-electron chi connectivity index (χ0n) is 10.6. The fraction of sp³-hybridized carbons (Fsp3) is 0.615. The standard InChI is InChI=1S/C13H18F3N3/c14-13(15,16)11(8-17)9-19-7-1-2-12(19)10-3-5-18-6-4-10/h3-6,11-12H,1-2,7-9,17H2. The number of alkyl halides is 3. The minimum absolute atomic E-state index is 0.0208. The molecule has 1 aromatic rings. The summed E-state index contributed by atoms with van der Waals surface area (Å²) >= 11 is 0. The number of halogens is 3. The van der Waals surface area contributed by atoms with E-state index < -0.39 is 12.1 Å². The Hall–Kier alpha value is -1.14. The van der Waals surface area contributed by atoms with Gasteiger partial charge in [0.2, 0.25) is 0 Å². The zero-order valence-corrected chi connectivity index (χ0v) is 10.6. The summed E-state index contributed by atoms with van der Waals surface area (Å²) in [6.07, 6.45) is 0.938. The monoisotopic (exact) mass is 273 g/mol. The van der Waals surface area contributed by atoms with Crippen molar-refractivity contribution in [3.05, 3.63) is 30.1 Å². The Balaban J connectivity index is 2.07. The van der Waals surface area contributed by atoms with E-state index in [-0.39, 0.29) is 19.1 Å². The van der Waals surface area contributed by atoms with E-state index in [9.17, 15) is 13.2 Å². The molecule has 1 fully saturated rings. The third kappa shape index (κ3) is 3.45. The van der Waals surface area contributed by atoms with E-state index >= 15 is 0 Å². The second-order valence-corrected chi connectivity index (χ2v) is 4.91. The van der Waals surface area contributed by atoms with Crippen LogP contribution in [0.3, 0.4) is 0 Å². The Morgan fingerprint density at radius 2 is 2.05 bits per heavy atom. The summed E-state index contributed by atoms with van der Waals surface area (Å²) in [5.41, 5.74) is 6.30. The second-order valence-electron chi connectivity index (χ2n) is 4.91. The Kier molecular flexibility index (Phi) is 4.42. The van der Waals surface area contributed by atoms with E-state index in [0.29, 0.717) is 6.54 Å². The average Bonchev–Trinajstić information content (AvgIpc) is 2.83. The molecule has 2 rings (SSSR count). The maximum Gasteiger partial charge on any atom is 0.394 e. The summed E-state index contributed by atoms with van der Waals surface area (Å²) in [5, 5.41) is 0. The van der Waals surface area contributed by atoms with Gasteiger partial charge < -0.3 is 5.73 Å². The lowest BCUT2D eigenvalue weighted by atomic mass is 10.0. The number of aromatic nitrogens is 1. The Labute approximate surface area is 110 Å². The molecule has 2 unspecified atom stereocenters. The van der Waals surface area contributed by atoms with Gasteiger partial charge in [-0.3, -0.25) is 9.88 Å². The van der Waals surface area contributed by atoms with E-state index in [1.165, 1.54) is 0 Å². The molecule has 1 aromatic heterocycles. The van der Waals surface area contributed by atoms with Gasteiger partial charge in [0.1, 0.15) is 0 Å². The number of likely N-dealkylation sites (tertiary alicyclic amines) is 1. The van der Waals surface area contributed by atoms with Gasteiger partial charge in [0.25, 0.3) is 0 Å².